The van der Waals surface area contributed by atoms with Crippen LogP contribution in [0, 0.1) is 17.3 Å². The molecule has 0 heterocycles. The van der Waals surface area contributed by atoms with Crippen molar-refractivity contribution in [2.45, 2.75) is 58.9 Å². The van der Waals surface area contributed by atoms with Crippen molar-refractivity contribution in [1.29, 1.82) is 0 Å². The van der Waals surface area contributed by atoms with Crippen LogP contribution < -0.4 is 5.32 Å². The topological polar surface area (TPSA) is 32.3 Å². The molecule has 0 saturated heterocycles. The van der Waals surface area contributed by atoms with Gasteiger partial charge in [-0.1, -0.05) is 13.0 Å². The Hall–Kier alpha value is -0.830. The third-order valence-electron chi connectivity index (χ3n) is 4.74. The van der Waals surface area contributed by atoms with Crippen LogP contribution in [0.15, 0.2) is 12.7 Å². The molecular formula is C18H34N2O. The first kappa shape index (κ1) is 18.2. The Balaban J connectivity index is 2.89. The van der Waals surface area contributed by atoms with E-state index in [2.05, 4.69) is 58.6 Å². The second-order valence-electron chi connectivity index (χ2n) is 8.19. The Morgan fingerprint density at radius 2 is 2.00 bits per heavy atom. The number of nitrogens with one attached hydrogen (secondary N) is 1. The summed E-state index contributed by atoms with van der Waals surface area (Å²) < 4.78 is 0. The van der Waals surface area contributed by atoms with Crippen molar-refractivity contribution in [2.75, 3.05) is 20.6 Å². The van der Waals surface area contributed by atoms with E-state index in [1.54, 1.807) is 0 Å². The number of allylic oxidation sites excluding steroid dienone is 1. The molecule has 1 aliphatic rings. The predicted octanol–water partition coefficient (Wildman–Crippen LogP) is 3.46. The van der Waals surface area contributed by atoms with E-state index in [-0.39, 0.29) is 16.9 Å². The highest BCUT2D eigenvalue weighted by atomic mass is 16.2. The van der Waals surface area contributed by atoms with Crippen LogP contribution in [0.3, 0.4) is 0 Å². The normalized spacial score (nSPS) is 30.2. The minimum Gasteiger partial charge on any atom is -0.351 e. The third kappa shape index (κ3) is 5.14. The fraction of sp³-hybridized carbons (Fsp3) is 0.833. The molecule has 0 spiro atoms. The molecule has 1 saturated carbocycles. The Morgan fingerprint density at radius 3 is 2.48 bits per heavy atom. The van der Waals surface area contributed by atoms with E-state index < -0.39 is 0 Å². The van der Waals surface area contributed by atoms with Gasteiger partial charge in [0.1, 0.15) is 0 Å². The van der Waals surface area contributed by atoms with Gasteiger partial charge in [-0.25, -0.2) is 0 Å². The number of carbonyl (C=O) groups is 1. The maximum atomic E-state index is 12.9. The predicted molar refractivity (Wildman–Crippen MR) is 90.2 cm³/mol. The highest BCUT2D eigenvalue weighted by Crippen LogP contribution is 2.46. The van der Waals surface area contributed by atoms with Crippen LogP contribution in [0.2, 0.25) is 0 Å². The van der Waals surface area contributed by atoms with Crippen molar-refractivity contribution in [3.05, 3.63) is 12.7 Å². The van der Waals surface area contributed by atoms with Gasteiger partial charge in [0.15, 0.2) is 0 Å². The number of hydrogen-bond acceptors (Lipinski definition) is 2. The molecule has 21 heavy (non-hydrogen) atoms. The van der Waals surface area contributed by atoms with Crippen LogP contribution in [0.5, 0.6) is 0 Å². The van der Waals surface area contributed by atoms with E-state index in [1.807, 2.05) is 6.08 Å². The molecule has 1 N–H and O–H groups in total. The van der Waals surface area contributed by atoms with Crippen molar-refractivity contribution in [3.63, 3.8) is 0 Å². The van der Waals surface area contributed by atoms with E-state index in [4.69, 9.17) is 0 Å². The van der Waals surface area contributed by atoms with Crippen molar-refractivity contribution in [2.24, 2.45) is 17.3 Å². The maximum absolute atomic E-state index is 12.9. The summed E-state index contributed by atoms with van der Waals surface area (Å²) in [5.74, 6) is 1.14. The molecule has 3 atom stereocenters. The third-order valence-corrected chi connectivity index (χ3v) is 4.74. The largest absolute Gasteiger partial charge is 0.351 e. The van der Waals surface area contributed by atoms with Crippen LogP contribution in [0.25, 0.3) is 0 Å². The van der Waals surface area contributed by atoms with E-state index in [0.717, 1.165) is 25.8 Å². The van der Waals surface area contributed by atoms with Gasteiger partial charge >= 0.3 is 0 Å². The second-order valence-corrected chi connectivity index (χ2v) is 8.19. The summed E-state index contributed by atoms with van der Waals surface area (Å²) in [5.41, 5.74) is -0.451. The molecule has 122 valence electrons. The van der Waals surface area contributed by atoms with Gasteiger partial charge in [0.05, 0.1) is 0 Å². The Labute approximate surface area is 131 Å². The highest BCUT2D eigenvalue weighted by molar-refractivity contribution is 5.83. The Bertz CT molecular complexity index is 370. The van der Waals surface area contributed by atoms with Gasteiger partial charge in [0, 0.05) is 11.0 Å². The Morgan fingerprint density at radius 1 is 1.38 bits per heavy atom. The van der Waals surface area contributed by atoms with Gasteiger partial charge in [0.2, 0.25) is 5.91 Å². The summed E-state index contributed by atoms with van der Waals surface area (Å²) in [6.45, 7) is 13.3. The van der Waals surface area contributed by atoms with E-state index in [1.165, 1.54) is 6.42 Å². The SMILES string of the molecule is C=C[C@@H]1CCC(CCN(C)C)C(C)(C(=O)NC(C)(C)C)C1. The lowest BCUT2D eigenvalue weighted by Crippen LogP contribution is -2.53. The first-order valence-corrected chi connectivity index (χ1v) is 8.18. The van der Waals surface area contributed by atoms with Crippen molar-refractivity contribution in [1.82, 2.24) is 10.2 Å². The van der Waals surface area contributed by atoms with E-state index in [0.29, 0.717) is 11.8 Å². The Kier molecular flexibility index (Phi) is 6.03. The molecule has 1 fully saturated rings. The van der Waals surface area contributed by atoms with Crippen LogP contribution in [0.4, 0.5) is 0 Å². The zero-order valence-corrected chi connectivity index (χ0v) is 14.8. The number of hydrogen-bond donors (Lipinski definition) is 1. The zero-order chi connectivity index (χ0) is 16.3. The molecule has 1 amide bonds. The van der Waals surface area contributed by atoms with Gasteiger partial charge in [-0.3, -0.25) is 4.79 Å². The fourth-order valence-electron chi connectivity index (χ4n) is 3.39. The monoisotopic (exact) mass is 294 g/mol. The molecule has 3 heteroatoms. The molecule has 0 bridgehead atoms. The maximum Gasteiger partial charge on any atom is 0.226 e. The summed E-state index contributed by atoms with van der Waals surface area (Å²) in [6, 6.07) is 0. The molecule has 0 aliphatic heterocycles. The smallest absolute Gasteiger partial charge is 0.226 e. The second kappa shape index (κ2) is 6.95. The van der Waals surface area contributed by atoms with Crippen LogP contribution >= 0.6 is 0 Å². The van der Waals surface area contributed by atoms with Gasteiger partial charge in [-0.15, -0.1) is 6.58 Å². The summed E-state index contributed by atoms with van der Waals surface area (Å²) in [6.07, 6.45) is 6.34. The molecule has 0 aromatic carbocycles. The zero-order valence-electron chi connectivity index (χ0n) is 14.8. The van der Waals surface area contributed by atoms with Gasteiger partial charge < -0.3 is 10.2 Å². The van der Waals surface area contributed by atoms with Crippen LogP contribution in [-0.4, -0.2) is 37.0 Å². The summed E-state index contributed by atoms with van der Waals surface area (Å²) in [4.78, 5) is 15.1. The number of rotatable bonds is 5. The van der Waals surface area contributed by atoms with Crippen LogP contribution in [-0.2, 0) is 4.79 Å². The molecule has 3 nitrogen and oxygen atoms in total. The van der Waals surface area contributed by atoms with E-state index in [9.17, 15) is 4.79 Å². The minimum absolute atomic E-state index is 0.173. The fourth-order valence-corrected chi connectivity index (χ4v) is 3.39. The molecule has 2 unspecified atom stereocenters. The van der Waals surface area contributed by atoms with Gasteiger partial charge in [0.25, 0.3) is 0 Å². The minimum atomic E-state index is -0.277. The standard InChI is InChI=1S/C18H34N2O/c1-8-14-9-10-15(11-12-20(6)7)18(5,13-14)16(21)19-17(2,3)4/h8,14-15H,1,9-13H2,2-7H3,(H,19,21)/t14-,15?,18?/m1/s1. The van der Waals surface area contributed by atoms with Gasteiger partial charge in [-0.2, -0.15) is 0 Å². The summed E-state index contributed by atoms with van der Waals surface area (Å²) in [5, 5.41) is 3.20. The molecule has 1 aliphatic carbocycles. The average molecular weight is 294 g/mol. The number of carbonyl (C=O) groups excluding carboxylic acids is 1. The summed E-state index contributed by atoms with van der Waals surface area (Å²) >= 11 is 0. The quantitative estimate of drug-likeness (QED) is 0.788. The molecular weight excluding hydrogens is 260 g/mol. The first-order valence-electron chi connectivity index (χ1n) is 8.18. The lowest BCUT2D eigenvalue weighted by atomic mass is 9.62. The molecule has 0 aromatic heterocycles. The van der Waals surface area contributed by atoms with E-state index >= 15 is 0 Å². The average Bonchev–Trinajstić information content (AvgIpc) is 2.34. The lowest BCUT2D eigenvalue weighted by Gasteiger charge is -2.44. The van der Waals surface area contributed by atoms with Gasteiger partial charge in [-0.05, 0) is 78.9 Å². The molecule has 0 aromatic rings. The molecule has 0 radical (unpaired) electrons. The lowest BCUT2D eigenvalue weighted by molar-refractivity contribution is -0.138. The van der Waals surface area contributed by atoms with Crippen LogP contribution in [0.1, 0.15) is 53.4 Å². The number of nitrogens with zero attached hydrogens (tertiary/aromatic N) is 1. The molecule has 1 rings (SSSR count). The summed E-state index contributed by atoms with van der Waals surface area (Å²) in [7, 11) is 4.20. The van der Waals surface area contributed by atoms with Crippen molar-refractivity contribution < 1.29 is 4.79 Å². The first-order chi connectivity index (χ1) is 9.58. The number of amides is 1. The van der Waals surface area contributed by atoms with Crippen molar-refractivity contribution in [3.8, 4) is 0 Å². The highest BCUT2D eigenvalue weighted by Gasteiger charge is 2.45. The van der Waals surface area contributed by atoms with Crippen molar-refractivity contribution >= 4 is 5.91 Å².